The number of piperazine rings is 1. The lowest BCUT2D eigenvalue weighted by Gasteiger charge is -2.37. The largest absolute Gasteiger partial charge is 0.324 e. The number of benzene rings is 2. The lowest BCUT2D eigenvalue weighted by molar-refractivity contribution is -0.117. The molecule has 2 amide bonds. The zero-order chi connectivity index (χ0) is 22.6. The molecular weight excluding hydrogens is 428 g/mol. The Balaban J connectivity index is 1.30. The molecule has 0 bridgehead atoms. The van der Waals surface area contributed by atoms with Gasteiger partial charge < -0.3 is 10.6 Å². The van der Waals surface area contributed by atoms with Crippen LogP contribution in [-0.4, -0.2) is 80.3 Å². The zero-order valence-corrected chi connectivity index (χ0v) is 18.7. The Morgan fingerprint density at radius 3 is 2.28 bits per heavy atom. The number of carbonyl (C=O) groups is 2. The molecule has 2 heterocycles. The lowest BCUT2D eigenvalue weighted by atomic mass is 10.1. The van der Waals surface area contributed by atoms with Crippen LogP contribution in [-0.2, 0) is 14.6 Å². The number of carbonyl (C=O) groups excluding carboxylic acids is 2. The predicted molar refractivity (Wildman–Crippen MR) is 125 cm³/mol. The van der Waals surface area contributed by atoms with Gasteiger partial charge in [0.25, 0.3) is 5.91 Å². The van der Waals surface area contributed by atoms with Crippen molar-refractivity contribution in [3.8, 4) is 0 Å². The van der Waals surface area contributed by atoms with Crippen LogP contribution >= 0.6 is 0 Å². The average molecular weight is 457 g/mol. The Hall–Kier alpha value is -2.75. The van der Waals surface area contributed by atoms with Gasteiger partial charge in [-0.1, -0.05) is 30.3 Å². The van der Waals surface area contributed by atoms with Crippen molar-refractivity contribution >= 4 is 33.0 Å². The van der Waals surface area contributed by atoms with Crippen LogP contribution in [0.25, 0.3) is 0 Å². The van der Waals surface area contributed by atoms with Gasteiger partial charge in [0.05, 0.1) is 29.3 Å². The van der Waals surface area contributed by atoms with Gasteiger partial charge in [0.15, 0.2) is 9.84 Å². The van der Waals surface area contributed by atoms with Gasteiger partial charge in [-0.15, -0.1) is 0 Å². The van der Waals surface area contributed by atoms with Crippen molar-refractivity contribution in [2.24, 2.45) is 0 Å². The number of hydrogen-bond donors (Lipinski definition) is 2. The van der Waals surface area contributed by atoms with Crippen molar-refractivity contribution < 1.29 is 18.0 Å². The predicted octanol–water partition coefficient (Wildman–Crippen LogP) is 1.68. The summed E-state index contributed by atoms with van der Waals surface area (Å²) in [6.07, 6.45) is 0.699. The Morgan fingerprint density at radius 1 is 0.906 bits per heavy atom. The summed E-state index contributed by atoms with van der Waals surface area (Å²) in [4.78, 5) is 29.6. The van der Waals surface area contributed by atoms with Gasteiger partial charge in [-0.05, 0) is 30.7 Å². The third-order valence-corrected chi connectivity index (χ3v) is 7.73. The minimum atomic E-state index is -2.90. The summed E-state index contributed by atoms with van der Waals surface area (Å²) in [5, 5.41) is 5.71. The third kappa shape index (κ3) is 5.73. The molecule has 0 aromatic heterocycles. The number of para-hydroxylation sites is 2. The second-order valence-electron chi connectivity index (χ2n) is 8.28. The van der Waals surface area contributed by atoms with Gasteiger partial charge in [-0.3, -0.25) is 19.4 Å². The van der Waals surface area contributed by atoms with Crippen molar-refractivity contribution in [3.05, 3.63) is 60.2 Å². The van der Waals surface area contributed by atoms with E-state index in [0.29, 0.717) is 36.4 Å². The summed E-state index contributed by atoms with van der Waals surface area (Å²) < 4.78 is 23.5. The Bertz CT molecular complexity index is 1070. The van der Waals surface area contributed by atoms with Crippen LogP contribution in [0.15, 0.2) is 54.6 Å². The first kappa shape index (κ1) is 22.4. The van der Waals surface area contributed by atoms with Gasteiger partial charge in [0.1, 0.15) is 0 Å². The second-order valence-corrected chi connectivity index (χ2v) is 10.5. The molecule has 2 aromatic rings. The molecule has 2 saturated heterocycles. The van der Waals surface area contributed by atoms with Crippen molar-refractivity contribution in [1.82, 2.24) is 9.80 Å². The fourth-order valence-electron chi connectivity index (χ4n) is 4.25. The molecule has 2 aliphatic heterocycles. The number of hydrogen-bond acceptors (Lipinski definition) is 6. The number of anilines is 2. The molecular formula is C23H28N4O4S. The summed E-state index contributed by atoms with van der Waals surface area (Å²) in [5.41, 5.74) is 1.56. The number of nitrogens with zero attached hydrogens (tertiary/aromatic N) is 2. The van der Waals surface area contributed by atoms with Crippen LogP contribution < -0.4 is 10.6 Å². The van der Waals surface area contributed by atoms with Crippen LogP contribution in [0.2, 0.25) is 0 Å². The molecule has 8 nitrogen and oxygen atoms in total. The number of nitrogens with one attached hydrogen (secondary N) is 2. The number of amides is 2. The van der Waals surface area contributed by atoms with E-state index in [0.717, 1.165) is 13.1 Å². The lowest BCUT2D eigenvalue weighted by Crippen LogP contribution is -2.52. The normalized spacial score (nSPS) is 21.2. The van der Waals surface area contributed by atoms with Crippen LogP contribution in [0.1, 0.15) is 16.8 Å². The molecule has 2 aliphatic rings. The maximum atomic E-state index is 12.7. The Morgan fingerprint density at radius 2 is 1.59 bits per heavy atom. The highest BCUT2D eigenvalue weighted by molar-refractivity contribution is 7.91. The van der Waals surface area contributed by atoms with Crippen molar-refractivity contribution in [3.63, 3.8) is 0 Å². The molecule has 9 heteroatoms. The highest BCUT2D eigenvalue weighted by Crippen LogP contribution is 2.20. The summed E-state index contributed by atoms with van der Waals surface area (Å²) in [6.45, 7) is 3.15. The van der Waals surface area contributed by atoms with Crippen molar-refractivity contribution in [2.45, 2.75) is 12.5 Å². The summed E-state index contributed by atoms with van der Waals surface area (Å²) >= 11 is 0. The fourth-order valence-corrected chi connectivity index (χ4v) is 6.01. The standard InChI is InChI=1S/C23H28N4O4S/c28-22(16-26-11-13-27(14-12-26)19-10-15-32(30,31)17-19)25-21-9-5-4-8-20(21)23(29)24-18-6-2-1-3-7-18/h1-9,19H,10-17H2,(H,24,29)(H,25,28). The Labute approximate surface area is 188 Å². The van der Waals surface area contributed by atoms with Gasteiger partial charge in [-0.2, -0.15) is 0 Å². The minimum absolute atomic E-state index is 0.103. The van der Waals surface area contributed by atoms with Crippen molar-refractivity contribution in [2.75, 3.05) is 54.9 Å². The van der Waals surface area contributed by atoms with Crippen LogP contribution in [0.5, 0.6) is 0 Å². The molecule has 1 unspecified atom stereocenters. The summed E-state index contributed by atoms with van der Waals surface area (Å²) in [7, 11) is -2.90. The highest BCUT2D eigenvalue weighted by Gasteiger charge is 2.33. The molecule has 32 heavy (non-hydrogen) atoms. The third-order valence-electron chi connectivity index (χ3n) is 5.98. The fraction of sp³-hybridized carbons (Fsp3) is 0.391. The quantitative estimate of drug-likeness (QED) is 0.686. The van der Waals surface area contributed by atoms with Gasteiger partial charge in [0, 0.05) is 37.9 Å². The smallest absolute Gasteiger partial charge is 0.257 e. The molecule has 0 spiro atoms. The monoisotopic (exact) mass is 456 g/mol. The molecule has 2 N–H and O–H groups in total. The average Bonchev–Trinajstić information content (AvgIpc) is 3.15. The molecule has 2 fully saturated rings. The van der Waals surface area contributed by atoms with E-state index < -0.39 is 9.84 Å². The first-order chi connectivity index (χ1) is 15.4. The van der Waals surface area contributed by atoms with Crippen LogP contribution in [0.3, 0.4) is 0 Å². The molecule has 1 atom stereocenters. The maximum absolute atomic E-state index is 12.7. The van der Waals surface area contributed by atoms with Gasteiger partial charge in [-0.25, -0.2) is 8.42 Å². The second kappa shape index (κ2) is 9.81. The molecule has 0 radical (unpaired) electrons. The molecule has 0 saturated carbocycles. The van der Waals surface area contributed by atoms with E-state index in [1.54, 1.807) is 36.4 Å². The van der Waals surface area contributed by atoms with Crippen LogP contribution in [0.4, 0.5) is 11.4 Å². The van der Waals surface area contributed by atoms with Gasteiger partial charge in [0.2, 0.25) is 5.91 Å². The minimum Gasteiger partial charge on any atom is -0.324 e. The summed E-state index contributed by atoms with van der Waals surface area (Å²) in [6, 6.07) is 16.2. The molecule has 4 rings (SSSR count). The van der Waals surface area contributed by atoms with E-state index in [1.165, 1.54) is 0 Å². The topological polar surface area (TPSA) is 98.8 Å². The van der Waals surface area contributed by atoms with Crippen molar-refractivity contribution in [1.29, 1.82) is 0 Å². The summed E-state index contributed by atoms with van der Waals surface area (Å²) in [5.74, 6) is 0.0569. The highest BCUT2D eigenvalue weighted by atomic mass is 32.2. The van der Waals surface area contributed by atoms with E-state index in [4.69, 9.17) is 0 Å². The first-order valence-corrected chi connectivity index (χ1v) is 12.6. The SMILES string of the molecule is O=C(CN1CCN(C2CCS(=O)(=O)C2)CC1)Nc1ccccc1C(=O)Nc1ccccc1. The van der Waals surface area contributed by atoms with E-state index in [2.05, 4.69) is 20.4 Å². The first-order valence-electron chi connectivity index (χ1n) is 10.8. The molecule has 0 aliphatic carbocycles. The van der Waals surface area contributed by atoms with E-state index in [1.807, 2.05) is 18.2 Å². The zero-order valence-electron chi connectivity index (χ0n) is 17.9. The maximum Gasteiger partial charge on any atom is 0.257 e. The van der Waals surface area contributed by atoms with Crippen LogP contribution in [0, 0.1) is 0 Å². The number of sulfone groups is 1. The van der Waals surface area contributed by atoms with E-state index in [9.17, 15) is 18.0 Å². The molecule has 170 valence electrons. The van der Waals surface area contributed by atoms with E-state index in [-0.39, 0.29) is 35.9 Å². The number of rotatable bonds is 6. The van der Waals surface area contributed by atoms with E-state index >= 15 is 0 Å². The van der Waals surface area contributed by atoms with Gasteiger partial charge >= 0.3 is 0 Å². The molecule has 2 aromatic carbocycles. The Kier molecular flexibility index (Phi) is 6.88.